The molecule has 0 unspecified atom stereocenters. The van der Waals surface area contributed by atoms with Gasteiger partial charge in [0.15, 0.2) is 0 Å². The number of carbonyl (C=O) groups is 3. The molecule has 2 heterocycles. The molecule has 0 aliphatic carbocycles. The number of hydrogen-bond donors (Lipinski definition) is 2. The summed E-state index contributed by atoms with van der Waals surface area (Å²) in [4.78, 5) is 38.1. The van der Waals surface area contributed by atoms with Crippen molar-refractivity contribution in [3.63, 3.8) is 0 Å². The molecule has 162 valence electrons. The first kappa shape index (κ1) is 21.0. The number of imide groups is 1. The Kier molecular flexibility index (Phi) is 5.59. The van der Waals surface area contributed by atoms with Gasteiger partial charge in [0.2, 0.25) is 5.91 Å². The Bertz CT molecular complexity index is 1260. The van der Waals surface area contributed by atoms with E-state index < -0.39 is 30.2 Å². The molecule has 8 heteroatoms. The highest BCUT2D eigenvalue weighted by Gasteiger charge is 2.35. The van der Waals surface area contributed by atoms with E-state index in [9.17, 15) is 18.8 Å². The monoisotopic (exact) mass is 432 g/mol. The number of nitrogens with zero attached hydrogens (tertiary/aromatic N) is 2. The molecule has 2 aromatic carbocycles. The highest BCUT2D eigenvalue weighted by atomic mass is 19.1. The van der Waals surface area contributed by atoms with Crippen LogP contribution >= 0.6 is 0 Å². The molecule has 2 N–H and O–H groups in total. The van der Waals surface area contributed by atoms with Gasteiger partial charge in [-0.2, -0.15) is 0 Å². The average Bonchev–Trinajstić information content (AvgIpc) is 3.32. The van der Waals surface area contributed by atoms with E-state index in [1.165, 1.54) is 23.8 Å². The number of hydrogen-bond acceptors (Lipinski definition) is 3. The van der Waals surface area contributed by atoms with Gasteiger partial charge in [-0.1, -0.05) is 18.2 Å². The third-order valence-corrected chi connectivity index (χ3v) is 5.25. The third kappa shape index (κ3) is 4.15. The molecule has 32 heavy (non-hydrogen) atoms. The van der Waals surface area contributed by atoms with E-state index in [0.717, 1.165) is 16.2 Å². The predicted octanol–water partition coefficient (Wildman–Crippen LogP) is 3.76. The standard InChI is InChI=1S/C24H21FN4O3/c1-15-9-10-18(12-16(15)2)28-11-5-6-17(28)13-21-23(31)29(24(32)27-21)14-22(30)26-20-8-4-3-7-19(20)25/h3-13H,14H2,1-2H3,(H,26,30)(H,27,32)/b21-13+. The molecule has 4 amide bonds. The van der Waals surface area contributed by atoms with Crippen molar-refractivity contribution in [3.8, 4) is 5.69 Å². The molecule has 0 bridgehead atoms. The number of aromatic nitrogens is 1. The maximum Gasteiger partial charge on any atom is 0.329 e. The maximum atomic E-state index is 13.7. The molecule has 0 radical (unpaired) electrons. The number of anilines is 1. The normalized spacial score (nSPS) is 14.7. The number of halogens is 1. The van der Waals surface area contributed by atoms with Gasteiger partial charge < -0.3 is 15.2 Å². The first-order valence-corrected chi connectivity index (χ1v) is 9.97. The molecular formula is C24H21FN4O3. The minimum atomic E-state index is -0.714. The summed E-state index contributed by atoms with van der Waals surface area (Å²) in [5, 5.41) is 4.87. The van der Waals surface area contributed by atoms with Crippen LogP contribution < -0.4 is 10.6 Å². The summed E-state index contributed by atoms with van der Waals surface area (Å²) in [6, 6.07) is 14.6. The van der Waals surface area contributed by atoms with Gasteiger partial charge in [0.05, 0.1) is 5.69 Å². The number of nitrogens with one attached hydrogen (secondary N) is 2. The van der Waals surface area contributed by atoms with E-state index in [2.05, 4.69) is 10.6 Å². The zero-order valence-electron chi connectivity index (χ0n) is 17.6. The fourth-order valence-electron chi connectivity index (χ4n) is 3.38. The van der Waals surface area contributed by atoms with E-state index in [0.29, 0.717) is 5.69 Å². The van der Waals surface area contributed by atoms with Gasteiger partial charge in [-0.15, -0.1) is 0 Å². The molecule has 1 fully saturated rings. The Morgan fingerprint density at radius 1 is 1.06 bits per heavy atom. The minimum absolute atomic E-state index is 0.0217. The fraction of sp³-hybridized carbons (Fsp3) is 0.125. The van der Waals surface area contributed by atoms with Crippen molar-refractivity contribution < 1.29 is 18.8 Å². The first-order valence-electron chi connectivity index (χ1n) is 9.97. The lowest BCUT2D eigenvalue weighted by atomic mass is 10.1. The van der Waals surface area contributed by atoms with Crippen LogP contribution in [0.15, 0.2) is 66.5 Å². The van der Waals surface area contributed by atoms with Crippen LogP contribution in [-0.4, -0.2) is 33.9 Å². The number of urea groups is 1. The van der Waals surface area contributed by atoms with Crippen LogP contribution in [0.4, 0.5) is 14.9 Å². The Hall–Kier alpha value is -4.20. The van der Waals surface area contributed by atoms with Gasteiger partial charge in [-0.3, -0.25) is 9.59 Å². The smallest absolute Gasteiger partial charge is 0.322 e. The van der Waals surface area contributed by atoms with Gasteiger partial charge in [-0.25, -0.2) is 14.1 Å². The van der Waals surface area contributed by atoms with Gasteiger partial charge in [-0.05, 0) is 67.4 Å². The lowest BCUT2D eigenvalue weighted by Gasteiger charge is -2.12. The summed E-state index contributed by atoms with van der Waals surface area (Å²) in [7, 11) is 0. The van der Waals surface area contributed by atoms with Crippen molar-refractivity contribution in [2.45, 2.75) is 13.8 Å². The van der Waals surface area contributed by atoms with Gasteiger partial charge in [0, 0.05) is 17.6 Å². The lowest BCUT2D eigenvalue weighted by molar-refractivity contribution is -0.127. The summed E-state index contributed by atoms with van der Waals surface area (Å²) in [5.41, 5.74) is 3.94. The van der Waals surface area contributed by atoms with E-state index in [1.54, 1.807) is 12.1 Å². The van der Waals surface area contributed by atoms with Gasteiger partial charge in [0.25, 0.3) is 5.91 Å². The molecule has 3 aromatic rings. The van der Waals surface area contributed by atoms with E-state index in [-0.39, 0.29) is 11.4 Å². The minimum Gasteiger partial charge on any atom is -0.322 e. The average molecular weight is 432 g/mol. The van der Waals surface area contributed by atoms with Crippen LogP contribution in [0.2, 0.25) is 0 Å². The molecule has 1 saturated heterocycles. The second-order valence-corrected chi connectivity index (χ2v) is 7.48. The molecule has 1 aromatic heterocycles. The predicted molar refractivity (Wildman–Crippen MR) is 118 cm³/mol. The van der Waals surface area contributed by atoms with Crippen molar-refractivity contribution in [2.75, 3.05) is 11.9 Å². The summed E-state index contributed by atoms with van der Waals surface area (Å²) >= 11 is 0. The number of aryl methyl sites for hydroxylation is 2. The van der Waals surface area contributed by atoms with Crippen molar-refractivity contribution in [3.05, 3.63) is 89.1 Å². The van der Waals surface area contributed by atoms with Crippen LogP contribution in [0.3, 0.4) is 0 Å². The van der Waals surface area contributed by atoms with E-state index >= 15 is 0 Å². The molecule has 1 aliphatic heterocycles. The Morgan fingerprint density at radius 2 is 1.84 bits per heavy atom. The summed E-state index contributed by atoms with van der Waals surface area (Å²) in [6.07, 6.45) is 3.42. The maximum absolute atomic E-state index is 13.7. The first-order chi connectivity index (χ1) is 15.3. The summed E-state index contributed by atoms with van der Waals surface area (Å²) < 4.78 is 15.6. The number of rotatable bonds is 5. The summed E-state index contributed by atoms with van der Waals surface area (Å²) in [5.74, 6) is -1.92. The Morgan fingerprint density at radius 3 is 2.59 bits per heavy atom. The Labute approximate surface area is 184 Å². The van der Waals surface area contributed by atoms with Crippen LogP contribution in [-0.2, 0) is 9.59 Å². The highest BCUT2D eigenvalue weighted by molar-refractivity contribution is 6.15. The van der Waals surface area contributed by atoms with E-state index in [4.69, 9.17) is 0 Å². The van der Waals surface area contributed by atoms with Crippen molar-refractivity contribution in [2.24, 2.45) is 0 Å². The number of para-hydroxylation sites is 1. The van der Waals surface area contributed by atoms with Crippen molar-refractivity contribution >= 4 is 29.6 Å². The van der Waals surface area contributed by atoms with Gasteiger partial charge >= 0.3 is 6.03 Å². The Balaban J connectivity index is 1.52. The van der Waals surface area contributed by atoms with Crippen LogP contribution in [0.1, 0.15) is 16.8 Å². The van der Waals surface area contributed by atoms with Crippen molar-refractivity contribution in [1.29, 1.82) is 0 Å². The zero-order chi connectivity index (χ0) is 22.8. The van der Waals surface area contributed by atoms with Crippen LogP contribution in [0.25, 0.3) is 11.8 Å². The second kappa shape index (κ2) is 8.50. The largest absolute Gasteiger partial charge is 0.329 e. The number of amides is 4. The second-order valence-electron chi connectivity index (χ2n) is 7.48. The molecule has 0 spiro atoms. The molecule has 7 nitrogen and oxygen atoms in total. The molecule has 4 rings (SSSR count). The van der Waals surface area contributed by atoms with Crippen LogP contribution in [0.5, 0.6) is 0 Å². The fourth-order valence-corrected chi connectivity index (χ4v) is 3.38. The SMILES string of the molecule is Cc1ccc(-n2cccc2/C=C2/NC(=O)N(CC(=O)Nc3ccccc3F)C2=O)cc1C. The quantitative estimate of drug-likeness (QED) is 0.476. The van der Waals surface area contributed by atoms with E-state index in [1.807, 2.05) is 54.9 Å². The molecular weight excluding hydrogens is 411 g/mol. The highest BCUT2D eigenvalue weighted by Crippen LogP contribution is 2.20. The molecule has 0 saturated carbocycles. The zero-order valence-corrected chi connectivity index (χ0v) is 17.6. The number of carbonyl (C=O) groups excluding carboxylic acids is 3. The third-order valence-electron chi connectivity index (χ3n) is 5.25. The van der Waals surface area contributed by atoms with Crippen molar-refractivity contribution in [1.82, 2.24) is 14.8 Å². The topological polar surface area (TPSA) is 83.4 Å². The summed E-state index contributed by atoms with van der Waals surface area (Å²) in [6.45, 7) is 3.52. The molecule has 0 atom stereocenters. The van der Waals surface area contributed by atoms with Gasteiger partial charge in [0.1, 0.15) is 18.1 Å². The van der Waals surface area contributed by atoms with Crippen LogP contribution in [0, 0.1) is 19.7 Å². The molecule has 1 aliphatic rings. The number of benzene rings is 2. The lowest BCUT2D eigenvalue weighted by Crippen LogP contribution is -2.38.